The summed E-state index contributed by atoms with van der Waals surface area (Å²) in [6.07, 6.45) is 4.01. The molecule has 3 atom stereocenters. The quantitative estimate of drug-likeness (QED) is 0.699. The Balaban J connectivity index is 1.69. The Morgan fingerprint density at radius 3 is 2.30 bits per heavy atom. The molecule has 3 unspecified atom stereocenters. The van der Waals surface area contributed by atoms with Crippen LogP contribution in [-0.2, 0) is 9.59 Å². The van der Waals surface area contributed by atoms with Crippen LogP contribution < -0.4 is 5.32 Å². The molecule has 2 aromatic rings. The zero-order valence-electron chi connectivity index (χ0n) is 17.8. The van der Waals surface area contributed by atoms with Crippen molar-refractivity contribution >= 4 is 23.4 Å². The number of benzene rings is 2. The summed E-state index contributed by atoms with van der Waals surface area (Å²) in [6.45, 7) is 7.08. The van der Waals surface area contributed by atoms with Gasteiger partial charge in [-0.3, -0.25) is 9.59 Å². The largest absolute Gasteiger partial charge is 0.355 e. The fourth-order valence-corrected chi connectivity index (χ4v) is 4.19. The predicted octanol–water partition coefficient (Wildman–Crippen LogP) is 4.71. The number of likely N-dealkylation sites (N-methyl/N-ethyl adjacent to an activating group) is 1. The molecular weight excluding hydrogens is 396 g/mol. The van der Waals surface area contributed by atoms with E-state index in [1.807, 2.05) is 38.1 Å². The summed E-state index contributed by atoms with van der Waals surface area (Å²) in [5.74, 6) is -0.230. The van der Waals surface area contributed by atoms with Crippen LogP contribution in [0.3, 0.4) is 0 Å². The third-order valence-corrected chi connectivity index (χ3v) is 6.12. The minimum Gasteiger partial charge on any atom is -0.355 e. The van der Waals surface area contributed by atoms with Crippen LogP contribution in [0.4, 0.5) is 0 Å². The fourth-order valence-electron chi connectivity index (χ4n) is 4.06. The van der Waals surface area contributed by atoms with Crippen LogP contribution in [0.2, 0.25) is 5.02 Å². The lowest BCUT2D eigenvalue weighted by Gasteiger charge is -2.34. The number of aryl methyl sites for hydroxylation is 1. The molecule has 0 spiro atoms. The number of nitrogens with one attached hydrogen (secondary N) is 1. The molecular formula is C25H29ClN2O2. The van der Waals surface area contributed by atoms with E-state index >= 15 is 0 Å². The van der Waals surface area contributed by atoms with E-state index < -0.39 is 0 Å². The summed E-state index contributed by atoms with van der Waals surface area (Å²) >= 11 is 6.07. The van der Waals surface area contributed by atoms with Gasteiger partial charge in [-0.25, -0.2) is 0 Å². The Kier molecular flexibility index (Phi) is 7.33. The van der Waals surface area contributed by atoms with Gasteiger partial charge in [-0.2, -0.15) is 0 Å². The molecule has 4 nitrogen and oxygen atoms in total. The molecule has 1 N–H and O–H groups in total. The van der Waals surface area contributed by atoms with Gasteiger partial charge >= 0.3 is 0 Å². The average molecular weight is 425 g/mol. The van der Waals surface area contributed by atoms with Gasteiger partial charge in [-0.1, -0.05) is 59.6 Å². The Hall–Kier alpha value is -2.59. The van der Waals surface area contributed by atoms with Crippen LogP contribution in [0.1, 0.15) is 42.9 Å². The SMILES string of the molecule is CCN1C(=O)C=CC(C(=O)NCCC(c2ccc(C)cc2)c2ccc(Cl)cc2)C1C. The molecule has 1 aliphatic rings. The summed E-state index contributed by atoms with van der Waals surface area (Å²) in [5, 5.41) is 3.79. The van der Waals surface area contributed by atoms with Crippen molar-refractivity contribution in [1.29, 1.82) is 0 Å². The van der Waals surface area contributed by atoms with Crippen LogP contribution >= 0.6 is 11.6 Å². The Bertz CT molecular complexity index is 860. The van der Waals surface area contributed by atoms with Gasteiger partial charge in [0.15, 0.2) is 0 Å². The van der Waals surface area contributed by atoms with Crippen LogP contribution in [0, 0.1) is 12.8 Å². The topological polar surface area (TPSA) is 49.4 Å². The van der Waals surface area contributed by atoms with Gasteiger partial charge in [0.05, 0.1) is 5.92 Å². The molecule has 0 saturated carbocycles. The number of amides is 2. The van der Waals surface area contributed by atoms with Gasteiger partial charge in [-0.15, -0.1) is 0 Å². The van der Waals surface area contributed by atoms with Crippen molar-refractivity contribution in [3.63, 3.8) is 0 Å². The van der Waals surface area contributed by atoms with E-state index in [2.05, 4.69) is 36.5 Å². The highest BCUT2D eigenvalue weighted by atomic mass is 35.5. The highest BCUT2D eigenvalue weighted by molar-refractivity contribution is 6.30. The van der Waals surface area contributed by atoms with E-state index in [0.29, 0.717) is 18.1 Å². The second-order valence-electron chi connectivity index (χ2n) is 7.84. The highest BCUT2D eigenvalue weighted by Crippen LogP contribution is 2.29. The molecule has 1 aliphatic heterocycles. The van der Waals surface area contributed by atoms with Crippen molar-refractivity contribution in [3.05, 3.63) is 82.4 Å². The van der Waals surface area contributed by atoms with Crippen molar-refractivity contribution in [2.24, 2.45) is 5.92 Å². The molecule has 0 aromatic heterocycles. The van der Waals surface area contributed by atoms with Crippen LogP contribution in [-0.4, -0.2) is 35.8 Å². The zero-order chi connectivity index (χ0) is 21.7. The second kappa shape index (κ2) is 9.94. The third kappa shape index (κ3) is 5.11. The molecule has 2 aromatic carbocycles. The molecule has 2 amide bonds. The van der Waals surface area contributed by atoms with Gasteiger partial charge in [-0.05, 0) is 56.5 Å². The summed E-state index contributed by atoms with van der Waals surface area (Å²) in [5.41, 5.74) is 3.60. The van der Waals surface area contributed by atoms with E-state index in [9.17, 15) is 9.59 Å². The lowest BCUT2D eigenvalue weighted by Crippen LogP contribution is -2.49. The summed E-state index contributed by atoms with van der Waals surface area (Å²) in [4.78, 5) is 26.5. The molecule has 158 valence electrons. The van der Waals surface area contributed by atoms with E-state index in [-0.39, 0.29) is 29.7 Å². The van der Waals surface area contributed by atoms with Crippen LogP contribution in [0.5, 0.6) is 0 Å². The first-order valence-corrected chi connectivity index (χ1v) is 10.9. The van der Waals surface area contributed by atoms with Crippen molar-refractivity contribution in [3.8, 4) is 0 Å². The zero-order valence-corrected chi connectivity index (χ0v) is 18.5. The fraction of sp³-hybridized carbons (Fsp3) is 0.360. The normalized spacial score (nSPS) is 19.6. The van der Waals surface area contributed by atoms with Gasteiger partial charge in [0, 0.05) is 30.1 Å². The highest BCUT2D eigenvalue weighted by Gasteiger charge is 2.32. The molecule has 1 heterocycles. The predicted molar refractivity (Wildman–Crippen MR) is 122 cm³/mol. The smallest absolute Gasteiger partial charge is 0.246 e. The standard InChI is InChI=1S/C25H29ClN2O2/c1-4-28-18(3)22(13-14-24(28)29)25(30)27-16-15-23(19-7-5-17(2)6-8-19)20-9-11-21(26)12-10-20/h5-14,18,22-23H,4,15-16H2,1-3H3,(H,27,30). The minimum atomic E-state index is -0.323. The van der Waals surface area contributed by atoms with E-state index in [4.69, 9.17) is 11.6 Å². The first kappa shape index (κ1) is 22.1. The maximum absolute atomic E-state index is 12.8. The summed E-state index contributed by atoms with van der Waals surface area (Å²) in [6, 6.07) is 16.3. The Morgan fingerprint density at radius 1 is 1.10 bits per heavy atom. The van der Waals surface area contributed by atoms with Crippen LogP contribution in [0.25, 0.3) is 0 Å². The lowest BCUT2D eigenvalue weighted by molar-refractivity contribution is -0.133. The molecule has 0 aliphatic carbocycles. The molecule has 0 saturated heterocycles. The van der Waals surface area contributed by atoms with Gasteiger partial charge in [0.25, 0.3) is 0 Å². The van der Waals surface area contributed by atoms with Gasteiger partial charge < -0.3 is 10.2 Å². The number of halogens is 1. The van der Waals surface area contributed by atoms with Gasteiger partial charge in [0.2, 0.25) is 11.8 Å². The van der Waals surface area contributed by atoms with E-state index in [0.717, 1.165) is 6.42 Å². The molecule has 0 fully saturated rings. The Morgan fingerprint density at radius 2 is 1.70 bits per heavy atom. The first-order chi connectivity index (χ1) is 14.4. The number of rotatable bonds is 7. The van der Waals surface area contributed by atoms with Crippen LogP contribution in [0.15, 0.2) is 60.7 Å². The molecule has 3 rings (SSSR count). The number of carbonyl (C=O) groups excluding carboxylic acids is 2. The maximum atomic E-state index is 12.8. The Labute approximate surface area is 183 Å². The molecule has 0 radical (unpaired) electrons. The molecule has 5 heteroatoms. The first-order valence-electron chi connectivity index (χ1n) is 10.5. The van der Waals surface area contributed by atoms with Crippen molar-refractivity contribution < 1.29 is 9.59 Å². The minimum absolute atomic E-state index is 0.0313. The summed E-state index contributed by atoms with van der Waals surface area (Å²) in [7, 11) is 0. The molecule has 30 heavy (non-hydrogen) atoms. The molecule has 0 bridgehead atoms. The number of hydrogen-bond donors (Lipinski definition) is 1. The van der Waals surface area contributed by atoms with Crippen molar-refractivity contribution in [2.75, 3.05) is 13.1 Å². The van der Waals surface area contributed by atoms with E-state index in [1.54, 1.807) is 11.0 Å². The van der Waals surface area contributed by atoms with Crippen molar-refractivity contribution in [2.45, 2.75) is 39.2 Å². The average Bonchev–Trinajstić information content (AvgIpc) is 2.73. The maximum Gasteiger partial charge on any atom is 0.246 e. The lowest BCUT2D eigenvalue weighted by atomic mass is 9.88. The van der Waals surface area contributed by atoms with Gasteiger partial charge in [0.1, 0.15) is 0 Å². The number of nitrogens with zero attached hydrogens (tertiary/aromatic N) is 1. The number of hydrogen-bond acceptors (Lipinski definition) is 2. The second-order valence-corrected chi connectivity index (χ2v) is 8.28. The van der Waals surface area contributed by atoms with E-state index in [1.165, 1.54) is 22.8 Å². The van der Waals surface area contributed by atoms with Crippen molar-refractivity contribution in [1.82, 2.24) is 10.2 Å². The third-order valence-electron chi connectivity index (χ3n) is 5.87. The number of carbonyl (C=O) groups is 2. The summed E-state index contributed by atoms with van der Waals surface area (Å²) < 4.78 is 0. The monoisotopic (exact) mass is 424 g/mol.